The lowest BCUT2D eigenvalue weighted by Crippen LogP contribution is -2.28. The Morgan fingerprint density at radius 1 is 1.00 bits per heavy atom. The molecule has 0 unspecified atom stereocenters. The number of benzene rings is 2. The SMILES string of the molecule is COc1ccc(-c2cc3cc(CC(=O)N4CCCC4)ccc3o2)cc1OC. The lowest BCUT2D eigenvalue weighted by atomic mass is 10.1. The van der Waals surface area contributed by atoms with Crippen LogP contribution in [0.4, 0.5) is 0 Å². The predicted octanol–water partition coefficient (Wildman–Crippen LogP) is 4.28. The first-order chi connectivity index (χ1) is 13.2. The molecule has 0 atom stereocenters. The van der Waals surface area contributed by atoms with Crippen molar-refractivity contribution in [3.05, 3.63) is 48.0 Å². The quantitative estimate of drug-likeness (QED) is 0.677. The number of rotatable bonds is 5. The number of nitrogens with zero attached hydrogens (tertiary/aromatic N) is 1. The highest BCUT2D eigenvalue weighted by atomic mass is 16.5. The van der Waals surface area contributed by atoms with Crippen molar-refractivity contribution in [2.45, 2.75) is 19.3 Å². The smallest absolute Gasteiger partial charge is 0.226 e. The van der Waals surface area contributed by atoms with Crippen molar-refractivity contribution in [1.82, 2.24) is 4.90 Å². The Bertz CT molecular complexity index is 970. The van der Waals surface area contributed by atoms with E-state index in [-0.39, 0.29) is 5.91 Å². The van der Waals surface area contributed by atoms with E-state index in [1.54, 1.807) is 14.2 Å². The van der Waals surface area contributed by atoms with E-state index in [0.717, 1.165) is 53.8 Å². The van der Waals surface area contributed by atoms with E-state index >= 15 is 0 Å². The molecule has 1 aliphatic heterocycles. The standard InChI is InChI=1S/C22H23NO4/c1-25-19-8-6-16(13-21(19)26-2)20-14-17-11-15(5-7-18(17)27-20)12-22(24)23-9-3-4-10-23/h5-8,11,13-14H,3-4,9-10,12H2,1-2H3. The van der Waals surface area contributed by atoms with Gasteiger partial charge in [0.1, 0.15) is 11.3 Å². The number of amides is 1. The van der Waals surface area contributed by atoms with Gasteiger partial charge < -0.3 is 18.8 Å². The van der Waals surface area contributed by atoms with E-state index in [0.29, 0.717) is 17.9 Å². The van der Waals surface area contributed by atoms with Crippen LogP contribution >= 0.6 is 0 Å². The van der Waals surface area contributed by atoms with Gasteiger partial charge in [-0.25, -0.2) is 0 Å². The fourth-order valence-electron chi connectivity index (χ4n) is 3.59. The van der Waals surface area contributed by atoms with Gasteiger partial charge >= 0.3 is 0 Å². The van der Waals surface area contributed by atoms with E-state index in [2.05, 4.69) is 0 Å². The largest absolute Gasteiger partial charge is 0.493 e. The second-order valence-electron chi connectivity index (χ2n) is 6.82. The van der Waals surface area contributed by atoms with Crippen molar-refractivity contribution in [3.63, 3.8) is 0 Å². The number of furan rings is 1. The Kier molecular flexibility index (Phi) is 4.75. The van der Waals surface area contributed by atoms with Gasteiger partial charge in [-0.1, -0.05) is 6.07 Å². The summed E-state index contributed by atoms with van der Waals surface area (Å²) in [4.78, 5) is 14.3. The zero-order valence-electron chi connectivity index (χ0n) is 15.7. The molecular formula is C22H23NO4. The number of hydrogen-bond donors (Lipinski definition) is 0. The highest BCUT2D eigenvalue weighted by Gasteiger charge is 2.18. The molecule has 3 aromatic rings. The summed E-state index contributed by atoms with van der Waals surface area (Å²) in [5.74, 6) is 2.30. The molecule has 1 amide bonds. The second kappa shape index (κ2) is 7.35. The zero-order chi connectivity index (χ0) is 18.8. The highest BCUT2D eigenvalue weighted by Crippen LogP contribution is 2.35. The normalized spacial score (nSPS) is 13.9. The number of carbonyl (C=O) groups is 1. The first-order valence-corrected chi connectivity index (χ1v) is 9.20. The van der Waals surface area contributed by atoms with Crippen LogP contribution in [0.5, 0.6) is 11.5 Å². The van der Waals surface area contributed by atoms with Crippen LogP contribution in [0.25, 0.3) is 22.3 Å². The summed E-state index contributed by atoms with van der Waals surface area (Å²) < 4.78 is 16.7. The van der Waals surface area contributed by atoms with Crippen molar-refractivity contribution >= 4 is 16.9 Å². The number of ether oxygens (including phenoxy) is 2. The van der Waals surface area contributed by atoms with Gasteiger partial charge in [0.25, 0.3) is 0 Å². The summed E-state index contributed by atoms with van der Waals surface area (Å²) in [6.45, 7) is 1.77. The summed E-state index contributed by atoms with van der Waals surface area (Å²) in [6, 6.07) is 13.6. The van der Waals surface area contributed by atoms with E-state index in [4.69, 9.17) is 13.9 Å². The maximum absolute atomic E-state index is 12.4. The molecule has 1 aromatic heterocycles. The number of fused-ring (bicyclic) bond motifs is 1. The van der Waals surface area contributed by atoms with Gasteiger partial charge in [0.15, 0.2) is 11.5 Å². The predicted molar refractivity (Wildman–Crippen MR) is 104 cm³/mol. The Morgan fingerprint density at radius 3 is 2.52 bits per heavy atom. The summed E-state index contributed by atoms with van der Waals surface area (Å²) in [5.41, 5.74) is 2.73. The summed E-state index contributed by atoms with van der Waals surface area (Å²) in [5, 5.41) is 0.992. The molecule has 0 saturated carbocycles. The third-order valence-corrected chi connectivity index (χ3v) is 5.06. The molecule has 1 saturated heterocycles. The molecule has 0 spiro atoms. The van der Waals surface area contributed by atoms with Crippen LogP contribution in [-0.2, 0) is 11.2 Å². The molecule has 0 bridgehead atoms. The minimum Gasteiger partial charge on any atom is -0.493 e. The molecular weight excluding hydrogens is 342 g/mol. The van der Waals surface area contributed by atoms with Crippen LogP contribution in [-0.4, -0.2) is 38.1 Å². The first-order valence-electron chi connectivity index (χ1n) is 9.20. The third kappa shape index (κ3) is 3.50. The van der Waals surface area contributed by atoms with Crippen LogP contribution in [0.2, 0.25) is 0 Å². The molecule has 5 heteroatoms. The minimum atomic E-state index is 0.204. The number of methoxy groups -OCH3 is 2. The van der Waals surface area contributed by atoms with Crippen molar-refractivity contribution in [1.29, 1.82) is 0 Å². The lowest BCUT2D eigenvalue weighted by molar-refractivity contribution is -0.129. The maximum Gasteiger partial charge on any atom is 0.226 e. The van der Waals surface area contributed by atoms with E-state index in [9.17, 15) is 4.79 Å². The van der Waals surface area contributed by atoms with Crippen molar-refractivity contribution in [3.8, 4) is 22.8 Å². The van der Waals surface area contributed by atoms with Gasteiger partial charge in [-0.05, 0) is 54.8 Å². The van der Waals surface area contributed by atoms with Gasteiger partial charge in [0.2, 0.25) is 5.91 Å². The summed E-state index contributed by atoms with van der Waals surface area (Å²) >= 11 is 0. The molecule has 2 heterocycles. The topological polar surface area (TPSA) is 51.9 Å². The lowest BCUT2D eigenvalue weighted by Gasteiger charge is -2.14. The van der Waals surface area contributed by atoms with E-state index in [1.807, 2.05) is 47.4 Å². The van der Waals surface area contributed by atoms with E-state index < -0.39 is 0 Å². The van der Waals surface area contributed by atoms with Crippen molar-refractivity contribution in [2.24, 2.45) is 0 Å². The monoisotopic (exact) mass is 365 g/mol. The number of carbonyl (C=O) groups excluding carboxylic acids is 1. The minimum absolute atomic E-state index is 0.204. The molecule has 1 aliphatic rings. The van der Waals surface area contributed by atoms with Gasteiger partial charge in [0, 0.05) is 24.0 Å². The molecule has 1 fully saturated rings. The average molecular weight is 365 g/mol. The zero-order valence-corrected chi connectivity index (χ0v) is 15.7. The molecule has 5 nitrogen and oxygen atoms in total. The van der Waals surface area contributed by atoms with Gasteiger partial charge in [-0.15, -0.1) is 0 Å². The number of likely N-dealkylation sites (tertiary alicyclic amines) is 1. The Labute approximate surface area is 158 Å². The van der Waals surface area contributed by atoms with E-state index in [1.165, 1.54) is 0 Å². The van der Waals surface area contributed by atoms with Crippen molar-refractivity contribution in [2.75, 3.05) is 27.3 Å². The van der Waals surface area contributed by atoms with Crippen LogP contribution in [0, 0.1) is 0 Å². The van der Waals surface area contributed by atoms with Gasteiger partial charge in [-0.3, -0.25) is 4.79 Å². The fourth-order valence-corrected chi connectivity index (χ4v) is 3.59. The Morgan fingerprint density at radius 2 is 1.78 bits per heavy atom. The molecule has 140 valence electrons. The second-order valence-corrected chi connectivity index (χ2v) is 6.82. The Hall–Kier alpha value is -2.95. The summed E-state index contributed by atoms with van der Waals surface area (Å²) in [7, 11) is 3.23. The fraction of sp³-hybridized carbons (Fsp3) is 0.318. The van der Waals surface area contributed by atoms with Crippen LogP contribution in [0.15, 0.2) is 46.9 Å². The van der Waals surface area contributed by atoms with Crippen LogP contribution in [0.1, 0.15) is 18.4 Å². The molecule has 27 heavy (non-hydrogen) atoms. The Balaban J connectivity index is 1.60. The molecule has 0 N–H and O–H groups in total. The molecule has 2 aromatic carbocycles. The van der Waals surface area contributed by atoms with Gasteiger partial charge in [-0.2, -0.15) is 0 Å². The summed E-state index contributed by atoms with van der Waals surface area (Å²) in [6.07, 6.45) is 2.66. The highest BCUT2D eigenvalue weighted by molar-refractivity contribution is 5.86. The van der Waals surface area contributed by atoms with Crippen molar-refractivity contribution < 1.29 is 18.7 Å². The van der Waals surface area contributed by atoms with Crippen LogP contribution in [0.3, 0.4) is 0 Å². The molecule has 4 rings (SSSR count). The van der Waals surface area contributed by atoms with Gasteiger partial charge in [0.05, 0.1) is 20.6 Å². The third-order valence-electron chi connectivity index (χ3n) is 5.06. The molecule has 0 radical (unpaired) electrons. The maximum atomic E-state index is 12.4. The number of hydrogen-bond acceptors (Lipinski definition) is 4. The average Bonchev–Trinajstić information content (AvgIpc) is 3.37. The first kappa shape index (κ1) is 17.5. The van der Waals surface area contributed by atoms with Crippen LogP contribution < -0.4 is 9.47 Å². The molecule has 0 aliphatic carbocycles.